The minimum absolute atomic E-state index is 0.252. The number of benzene rings is 2. The highest BCUT2D eigenvalue weighted by Crippen LogP contribution is 2.35. The Kier molecular flexibility index (Phi) is 5.25. The minimum Gasteiger partial charge on any atom is -0.487 e. The first-order valence-electron chi connectivity index (χ1n) is 5.51. The van der Waals surface area contributed by atoms with Gasteiger partial charge in [0.05, 0.1) is 8.95 Å². The number of hydrogen-bond donors (Lipinski definition) is 0. The smallest absolute Gasteiger partial charge is 0.148 e. The first kappa shape index (κ1) is 14.8. The molecule has 0 fully saturated rings. The van der Waals surface area contributed by atoms with Crippen LogP contribution in [0.4, 0.5) is 4.39 Å². The molecule has 0 unspecified atom stereocenters. The quantitative estimate of drug-likeness (QED) is 0.593. The van der Waals surface area contributed by atoms with Crippen LogP contribution in [-0.4, -0.2) is 0 Å². The molecule has 0 amide bonds. The Balaban J connectivity index is 2.13. The summed E-state index contributed by atoms with van der Waals surface area (Å²) in [6.45, 7) is 0.373. The van der Waals surface area contributed by atoms with Crippen molar-refractivity contribution in [2.75, 3.05) is 0 Å². The van der Waals surface area contributed by atoms with Crippen LogP contribution in [0, 0.1) is 5.82 Å². The Hall–Kier alpha value is -0.580. The van der Waals surface area contributed by atoms with Gasteiger partial charge in [-0.2, -0.15) is 0 Å². The molecule has 0 aliphatic rings. The highest BCUT2D eigenvalue weighted by molar-refractivity contribution is 9.11. The summed E-state index contributed by atoms with van der Waals surface area (Å²) in [5.41, 5.74) is 1.90. The van der Waals surface area contributed by atoms with Crippen LogP contribution in [0.2, 0.25) is 0 Å². The maximum atomic E-state index is 12.8. The van der Waals surface area contributed by atoms with Gasteiger partial charge < -0.3 is 4.74 Å². The molecule has 0 radical (unpaired) electrons. The van der Waals surface area contributed by atoms with E-state index in [0.717, 1.165) is 20.1 Å². The Labute approximate surface area is 133 Å². The Morgan fingerprint density at radius 2 is 1.58 bits per heavy atom. The van der Waals surface area contributed by atoms with Gasteiger partial charge in [-0.05, 0) is 67.3 Å². The molecule has 0 aliphatic carbocycles. The van der Waals surface area contributed by atoms with Crippen LogP contribution in [0.15, 0.2) is 45.3 Å². The van der Waals surface area contributed by atoms with Crippen LogP contribution in [0.1, 0.15) is 11.1 Å². The lowest BCUT2D eigenvalue weighted by atomic mass is 10.2. The van der Waals surface area contributed by atoms with Crippen LogP contribution in [0.5, 0.6) is 5.75 Å². The summed E-state index contributed by atoms with van der Waals surface area (Å²) in [7, 11) is 0. The summed E-state index contributed by atoms with van der Waals surface area (Å²) >= 11 is 12.7. The average molecular weight is 408 g/mol. The second-order valence-corrected chi connectivity index (χ2v) is 5.91. The van der Waals surface area contributed by atoms with Gasteiger partial charge in [0.1, 0.15) is 18.2 Å². The van der Waals surface area contributed by atoms with Crippen molar-refractivity contribution >= 4 is 43.5 Å². The third-order valence-electron chi connectivity index (χ3n) is 2.51. The molecule has 0 spiro atoms. The van der Waals surface area contributed by atoms with Gasteiger partial charge >= 0.3 is 0 Å². The van der Waals surface area contributed by atoms with Gasteiger partial charge in [0.2, 0.25) is 0 Å². The third-order valence-corrected chi connectivity index (χ3v) is 4.00. The normalized spacial score (nSPS) is 10.5. The summed E-state index contributed by atoms with van der Waals surface area (Å²) in [5, 5.41) is 0. The van der Waals surface area contributed by atoms with Crippen LogP contribution in [-0.2, 0) is 12.5 Å². The number of hydrogen-bond acceptors (Lipinski definition) is 1. The summed E-state index contributed by atoms with van der Waals surface area (Å²) in [5.74, 6) is 0.894. The van der Waals surface area contributed by atoms with Crippen molar-refractivity contribution in [1.82, 2.24) is 0 Å². The van der Waals surface area contributed by atoms with Gasteiger partial charge in [-0.15, -0.1) is 11.6 Å². The van der Waals surface area contributed by atoms with E-state index >= 15 is 0 Å². The molecule has 0 bridgehead atoms. The molecule has 19 heavy (non-hydrogen) atoms. The molecular formula is C14H10Br2ClFO. The zero-order valence-electron chi connectivity index (χ0n) is 9.80. The molecule has 0 atom stereocenters. The van der Waals surface area contributed by atoms with Crippen LogP contribution in [0.3, 0.4) is 0 Å². The maximum absolute atomic E-state index is 12.8. The van der Waals surface area contributed by atoms with E-state index in [9.17, 15) is 4.39 Å². The molecule has 2 aromatic rings. The standard InChI is InChI=1S/C14H10Br2ClFO/c15-12-5-10(7-17)6-13(16)14(12)19-8-9-1-3-11(18)4-2-9/h1-6H,7-8H2. The van der Waals surface area contributed by atoms with Crippen molar-refractivity contribution in [2.24, 2.45) is 0 Å². The van der Waals surface area contributed by atoms with E-state index in [1.54, 1.807) is 12.1 Å². The summed E-state index contributed by atoms with van der Waals surface area (Å²) in [6.07, 6.45) is 0. The highest BCUT2D eigenvalue weighted by atomic mass is 79.9. The SMILES string of the molecule is Fc1ccc(COc2c(Br)cc(CCl)cc2Br)cc1. The second-order valence-electron chi connectivity index (χ2n) is 3.94. The number of ether oxygens (including phenoxy) is 1. The molecule has 5 heteroatoms. The molecule has 100 valence electrons. The molecule has 2 rings (SSSR count). The van der Waals surface area contributed by atoms with Gasteiger partial charge in [0, 0.05) is 5.88 Å². The van der Waals surface area contributed by atoms with Crippen molar-refractivity contribution < 1.29 is 9.13 Å². The molecule has 0 saturated carbocycles. The van der Waals surface area contributed by atoms with Crippen LogP contribution < -0.4 is 4.74 Å². The first-order chi connectivity index (χ1) is 9.10. The summed E-state index contributed by atoms with van der Waals surface area (Å²) < 4.78 is 20.2. The number of halogens is 4. The lowest BCUT2D eigenvalue weighted by Crippen LogP contribution is -1.97. The van der Waals surface area contributed by atoms with E-state index in [0.29, 0.717) is 18.2 Å². The fourth-order valence-corrected chi connectivity index (χ4v) is 3.23. The zero-order chi connectivity index (χ0) is 13.8. The Morgan fingerprint density at radius 3 is 2.11 bits per heavy atom. The van der Waals surface area contributed by atoms with Gasteiger partial charge in [-0.3, -0.25) is 0 Å². The van der Waals surface area contributed by atoms with Crippen molar-refractivity contribution in [3.8, 4) is 5.75 Å². The van der Waals surface area contributed by atoms with Crippen molar-refractivity contribution in [2.45, 2.75) is 12.5 Å². The largest absolute Gasteiger partial charge is 0.487 e. The second kappa shape index (κ2) is 6.73. The molecule has 0 heterocycles. The van der Waals surface area contributed by atoms with Gasteiger partial charge in [0.15, 0.2) is 0 Å². The third kappa shape index (κ3) is 3.94. The van der Waals surface area contributed by atoms with Gasteiger partial charge in [-0.1, -0.05) is 12.1 Å². The molecule has 2 aromatic carbocycles. The monoisotopic (exact) mass is 406 g/mol. The van der Waals surface area contributed by atoms with Crippen molar-refractivity contribution in [1.29, 1.82) is 0 Å². The predicted molar refractivity (Wildman–Crippen MR) is 82.1 cm³/mol. The van der Waals surface area contributed by atoms with E-state index in [1.807, 2.05) is 12.1 Å². The topological polar surface area (TPSA) is 9.23 Å². The molecule has 0 aliphatic heterocycles. The van der Waals surface area contributed by atoms with Crippen molar-refractivity contribution in [3.05, 3.63) is 62.3 Å². The van der Waals surface area contributed by atoms with E-state index in [2.05, 4.69) is 31.9 Å². The van der Waals surface area contributed by atoms with E-state index in [-0.39, 0.29) is 5.82 Å². The molecule has 1 nitrogen and oxygen atoms in total. The van der Waals surface area contributed by atoms with Crippen LogP contribution >= 0.6 is 43.5 Å². The molecule has 0 aromatic heterocycles. The van der Waals surface area contributed by atoms with E-state index in [4.69, 9.17) is 16.3 Å². The Bertz CT molecular complexity index is 549. The molecule has 0 N–H and O–H groups in total. The fraction of sp³-hybridized carbons (Fsp3) is 0.143. The van der Waals surface area contributed by atoms with Crippen LogP contribution in [0.25, 0.3) is 0 Å². The minimum atomic E-state index is -0.252. The van der Waals surface area contributed by atoms with E-state index in [1.165, 1.54) is 12.1 Å². The maximum Gasteiger partial charge on any atom is 0.148 e. The molecule has 0 saturated heterocycles. The fourth-order valence-electron chi connectivity index (χ4n) is 1.56. The van der Waals surface area contributed by atoms with Gasteiger partial charge in [0.25, 0.3) is 0 Å². The van der Waals surface area contributed by atoms with Crippen molar-refractivity contribution in [3.63, 3.8) is 0 Å². The summed E-state index contributed by atoms with van der Waals surface area (Å²) in [4.78, 5) is 0. The zero-order valence-corrected chi connectivity index (χ0v) is 13.7. The Morgan fingerprint density at radius 1 is 1.00 bits per heavy atom. The average Bonchev–Trinajstić information content (AvgIpc) is 2.39. The number of rotatable bonds is 4. The number of alkyl halides is 1. The summed E-state index contributed by atoms with van der Waals surface area (Å²) in [6, 6.07) is 10.1. The highest BCUT2D eigenvalue weighted by Gasteiger charge is 2.09. The molecular weight excluding hydrogens is 398 g/mol. The predicted octanol–water partition coefficient (Wildman–Crippen LogP) is 5.67. The van der Waals surface area contributed by atoms with Gasteiger partial charge in [-0.25, -0.2) is 4.39 Å². The van der Waals surface area contributed by atoms with E-state index < -0.39 is 0 Å². The first-order valence-corrected chi connectivity index (χ1v) is 7.63. The lowest BCUT2D eigenvalue weighted by Gasteiger charge is -2.11. The lowest BCUT2D eigenvalue weighted by molar-refractivity contribution is 0.302.